The highest BCUT2D eigenvalue weighted by Crippen LogP contribution is 2.45. The normalized spacial score (nSPS) is 25.0. The van der Waals surface area contributed by atoms with Gasteiger partial charge in [-0.1, -0.05) is 13.8 Å². The van der Waals surface area contributed by atoms with E-state index in [0.29, 0.717) is 25.6 Å². The van der Waals surface area contributed by atoms with Gasteiger partial charge in [-0.3, -0.25) is 4.79 Å². The Morgan fingerprint density at radius 1 is 1.22 bits per heavy atom. The second-order valence-electron chi connectivity index (χ2n) is 8.42. The lowest BCUT2D eigenvalue weighted by molar-refractivity contribution is -0.138. The lowest BCUT2D eigenvalue weighted by Gasteiger charge is -2.58. The molecule has 2 fully saturated rings. The standard InChI is InChI=1S/C17H30N2O4/c1-16(2,3)23-15(22)19-11-17(4,5)14(19)12-6-8-18(9-7-12)13(21)10-20/h12,14,20H,6-11H2,1-5H3. The smallest absolute Gasteiger partial charge is 0.410 e. The van der Waals surface area contributed by atoms with Gasteiger partial charge >= 0.3 is 6.09 Å². The third kappa shape index (κ3) is 3.97. The number of carbonyl (C=O) groups excluding carboxylic acids is 2. The van der Waals surface area contributed by atoms with Crippen molar-refractivity contribution in [2.75, 3.05) is 26.2 Å². The maximum atomic E-state index is 12.4. The second kappa shape index (κ2) is 6.30. The third-order valence-electron chi connectivity index (χ3n) is 4.82. The van der Waals surface area contributed by atoms with Crippen LogP contribution in [0, 0.1) is 11.3 Å². The van der Waals surface area contributed by atoms with Gasteiger partial charge < -0.3 is 19.6 Å². The van der Waals surface area contributed by atoms with Gasteiger partial charge in [0.25, 0.3) is 0 Å². The fraction of sp³-hybridized carbons (Fsp3) is 0.882. The molecule has 2 saturated heterocycles. The maximum absolute atomic E-state index is 12.4. The summed E-state index contributed by atoms with van der Waals surface area (Å²) < 4.78 is 5.52. The topological polar surface area (TPSA) is 70.1 Å². The Morgan fingerprint density at radius 2 is 1.78 bits per heavy atom. The third-order valence-corrected chi connectivity index (χ3v) is 4.82. The summed E-state index contributed by atoms with van der Waals surface area (Å²) in [6.45, 7) is 11.6. The van der Waals surface area contributed by atoms with Crippen LogP contribution in [-0.4, -0.2) is 64.8 Å². The average Bonchev–Trinajstić information content (AvgIpc) is 2.43. The molecule has 23 heavy (non-hydrogen) atoms. The summed E-state index contributed by atoms with van der Waals surface area (Å²) in [7, 11) is 0. The molecule has 0 aliphatic carbocycles. The first kappa shape index (κ1) is 18.0. The summed E-state index contributed by atoms with van der Waals surface area (Å²) in [5.41, 5.74) is -0.414. The van der Waals surface area contributed by atoms with Crippen LogP contribution in [0.2, 0.25) is 0 Å². The molecule has 1 atom stereocenters. The zero-order valence-electron chi connectivity index (χ0n) is 15.0. The van der Waals surface area contributed by atoms with Gasteiger partial charge in [0.2, 0.25) is 5.91 Å². The Labute approximate surface area is 138 Å². The van der Waals surface area contributed by atoms with Crippen LogP contribution < -0.4 is 0 Å². The lowest BCUT2D eigenvalue weighted by atomic mass is 9.67. The predicted molar refractivity (Wildman–Crippen MR) is 86.9 cm³/mol. The van der Waals surface area contributed by atoms with Gasteiger partial charge in [-0.05, 0) is 39.5 Å². The SMILES string of the molecule is CC(C)(C)OC(=O)N1CC(C)(C)C1C1CCN(C(=O)CO)CC1. The van der Waals surface area contributed by atoms with E-state index in [9.17, 15) is 9.59 Å². The predicted octanol–water partition coefficient (Wildman–Crippen LogP) is 1.86. The van der Waals surface area contributed by atoms with Gasteiger partial charge in [-0.2, -0.15) is 0 Å². The van der Waals surface area contributed by atoms with Crippen molar-refractivity contribution >= 4 is 12.0 Å². The van der Waals surface area contributed by atoms with Crippen molar-refractivity contribution in [2.24, 2.45) is 11.3 Å². The number of nitrogens with zero attached hydrogens (tertiary/aromatic N) is 2. The number of amides is 2. The number of aliphatic hydroxyl groups is 1. The van der Waals surface area contributed by atoms with E-state index < -0.39 is 12.2 Å². The highest BCUT2D eigenvalue weighted by Gasteiger charge is 2.53. The summed E-state index contributed by atoms with van der Waals surface area (Å²) in [6, 6.07) is 0.156. The number of carbonyl (C=O) groups is 2. The molecule has 2 rings (SSSR count). The van der Waals surface area contributed by atoms with Gasteiger partial charge in [0, 0.05) is 31.1 Å². The summed E-state index contributed by atoms with van der Waals surface area (Å²) in [5, 5.41) is 8.96. The summed E-state index contributed by atoms with van der Waals surface area (Å²) >= 11 is 0. The molecule has 2 aliphatic rings. The van der Waals surface area contributed by atoms with Crippen molar-refractivity contribution in [2.45, 2.75) is 59.1 Å². The zero-order chi connectivity index (χ0) is 17.4. The van der Waals surface area contributed by atoms with E-state index in [0.717, 1.165) is 12.8 Å². The van der Waals surface area contributed by atoms with Crippen molar-refractivity contribution < 1.29 is 19.4 Å². The Bertz CT molecular complexity index is 462. The van der Waals surface area contributed by atoms with Crippen LogP contribution in [0.15, 0.2) is 0 Å². The van der Waals surface area contributed by atoms with E-state index in [-0.39, 0.29) is 23.5 Å². The lowest BCUT2D eigenvalue weighted by Crippen LogP contribution is -2.68. The molecular formula is C17H30N2O4. The highest BCUT2D eigenvalue weighted by molar-refractivity contribution is 5.77. The molecule has 0 aromatic heterocycles. The molecule has 1 N–H and O–H groups in total. The molecule has 2 amide bonds. The van der Waals surface area contributed by atoms with E-state index >= 15 is 0 Å². The summed E-state index contributed by atoms with van der Waals surface area (Å²) in [6.07, 6.45) is 1.48. The monoisotopic (exact) mass is 326 g/mol. The number of hydrogen-bond donors (Lipinski definition) is 1. The molecule has 0 bridgehead atoms. The molecule has 6 nitrogen and oxygen atoms in total. The Hall–Kier alpha value is -1.30. The van der Waals surface area contributed by atoms with Crippen LogP contribution in [-0.2, 0) is 9.53 Å². The molecule has 0 spiro atoms. The fourth-order valence-electron chi connectivity index (χ4n) is 3.90. The minimum Gasteiger partial charge on any atom is -0.444 e. The number of piperidine rings is 1. The number of ether oxygens (including phenoxy) is 1. The molecule has 0 radical (unpaired) electrons. The van der Waals surface area contributed by atoms with Gasteiger partial charge in [0.1, 0.15) is 12.2 Å². The van der Waals surface area contributed by atoms with Crippen LogP contribution in [0.5, 0.6) is 0 Å². The van der Waals surface area contributed by atoms with E-state index in [2.05, 4.69) is 13.8 Å². The molecule has 2 heterocycles. The maximum Gasteiger partial charge on any atom is 0.410 e. The van der Waals surface area contributed by atoms with Crippen molar-refractivity contribution in [1.29, 1.82) is 0 Å². The van der Waals surface area contributed by atoms with Gasteiger partial charge in [-0.15, -0.1) is 0 Å². The Morgan fingerprint density at radius 3 is 2.22 bits per heavy atom. The minimum atomic E-state index is -0.488. The van der Waals surface area contributed by atoms with E-state index in [1.54, 1.807) is 4.90 Å². The summed E-state index contributed by atoms with van der Waals surface area (Å²) in [5.74, 6) is 0.161. The van der Waals surface area contributed by atoms with Crippen molar-refractivity contribution in [3.8, 4) is 0 Å². The number of likely N-dealkylation sites (tertiary alicyclic amines) is 2. The number of aliphatic hydroxyl groups excluding tert-OH is 1. The molecule has 2 aliphatic heterocycles. The number of hydrogen-bond acceptors (Lipinski definition) is 4. The average molecular weight is 326 g/mol. The quantitative estimate of drug-likeness (QED) is 0.841. The van der Waals surface area contributed by atoms with Crippen molar-refractivity contribution in [1.82, 2.24) is 9.80 Å². The second-order valence-corrected chi connectivity index (χ2v) is 8.42. The van der Waals surface area contributed by atoms with Crippen LogP contribution in [0.1, 0.15) is 47.5 Å². The first-order valence-electron chi connectivity index (χ1n) is 8.43. The first-order chi connectivity index (χ1) is 10.5. The zero-order valence-corrected chi connectivity index (χ0v) is 15.0. The van der Waals surface area contributed by atoms with Crippen LogP contribution in [0.3, 0.4) is 0 Å². The van der Waals surface area contributed by atoms with E-state index in [1.165, 1.54) is 0 Å². The Balaban J connectivity index is 1.99. The Kier molecular flexibility index (Phi) is 4.95. The van der Waals surface area contributed by atoms with Crippen LogP contribution >= 0.6 is 0 Å². The van der Waals surface area contributed by atoms with Gasteiger partial charge in [-0.25, -0.2) is 4.79 Å². The van der Waals surface area contributed by atoms with Crippen molar-refractivity contribution in [3.05, 3.63) is 0 Å². The van der Waals surface area contributed by atoms with E-state index in [1.807, 2.05) is 25.7 Å². The van der Waals surface area contributed by atoms with Crippen LogP contribution in [0.4, 0.5) is 4.79 Å². The highest BCUT2D eigenvalue weighted by atomic mass is 16.6. The van der Waals surface area contributed by atoms with Crippen molar-refractivity contribution in [3.63, 3.8) is 0 Å². The van der Waals surface area contributed by atoms with Crippen LogP contribution in [0.25, 0.3) is 0 Å². The molecule has 0 aromatic carbocycles. The summed E-state index contributed by atoms with van der Waals surface area (Å²) in [4.78, 5) is 27.5. The first-order valence-corrected chi connectivity index (χ1v) is 8.43. The fourth-order valence-corrected chi connectivity index (χ4v) is 3.90. The van der Waals surface area contributed by atoms with Gasteiger partial charge in [0.15, 0.2) is 0 Å². The molecule has 0 aromatic rings. The van der Waals surface area contributed by atoms with E-state index in [4.69, 9.17) is 9.84 Å². The molecule has 0 saturated carbocycles. The number of rotatable bonds is 2. The molecule has 1 unspecified atom stereocenters. The molecule has 6 heteroatoms. The molecule has 132 valence electrons. The molecular weight excluding hydrogens is 296 g/mol. The largest absolute Gasteiger partial charge is 0.444 e. The van der Waals surface area contributed by atoms with Gasteiger partial charge in [0.05, 0.1) is 0 Å². The minimum absolute atomic E-state index is 0.0741.